The normalized spacial score (nSPS) is 23.5. The second-order valence-corrected chi connectivity index (χ2v) is 10.6. The molecule has 31 heavy (non-hydrogen) atoms. The topological polar surface area (TPSA) is 116 Å². The predicted octanol–water partition coefficient (Wildman–Crippen LogP) is 1.46. The lowest BCUT2D eigenvalue weighted by atomic mass is 9.91. The summed E-state index contributed by atoms with van der Waals surface area (Å²) < 4.78 is 25.5. The Labute approximate surface area is 183 Å². The molecule has 1 saturated heterocycles. The first-order valence-electron chi connectivity index (χ1n) is 10.5. The fraction of sp³-hybridized carbons (Fsp3) is 0.571. The van der Waals surface area contributed by atoms with Crippen LogP contribution in [-0.4, -0.2) is 61.4 Å². The fourth-order valence-corrected chi connectivity index (χ4v) is 5.12. The maximum absolute atomic E-state index is 13.4. The molecule has 1 aromatic rings. The minimum atomic E-state index is -3.66. The Bertz CT molecular complexity index is 956. The molecule has 3 amide bonds. The number of sulfonamides is 1. The van der Waals surface area contributed by atoms with Gasteiger partial charge in [0, 0.05) is 30.9 Å². The number of piperazine rings is 1. The Morgan fingerprint density at radius 1 is 1.10 bits per heavy atom. The molecule has 170 valence electrons. The minimum Gasteiger partial charge on any atom is -0.351 e. The second kappa shape index (κ2) is 8.96. The van der Waals surface area contributed by atoms with E-state index in [4.69, 9.17) is 0 Å². The van der Waals surface area contributed by atoms with Crippen LogP contribution in [0.25, 0.3) is 0 Å². The molecule has 1 atom stereocenters. The Balaban J connectivity index is 1.94. The molecule has 3 rings (SSSR count). The average Bonchev–Trinajstić information content (AvgIpc) is 2.68. The number of benzene rings is 1. The zero-order chi connectivity index (χ0) is 22.8. The average molecular weight is 451 g/mol. The molecule has 0 unspecified atom stereocenters. The van der Waals surface area contributed by atoms with E-state index < -0.39 is 21.5 Å². The van der Waals surface area contributed by atoms with Crippen molar-refractivity contribution in [2.24, 2.45) is 0 Å². The molecule has 2 aliphatic rings. The summed E-state index contributed by atoms with van der Waals surface area (Å²) in [5.41, 5.74) is -0.383. The first-order chi connectivity index (χ1) is 14.5. The molecule has 2 N–H and O–H groups in total. The van der Waals surface area contributed by atoms with E-state index in [0.717, 1.165) is 42.7 Å². The van der Waals surface area contributed by atoms with Crippen molar-refractivity contribution in [3.05, 3.63) is 24.3 Å². The smallest absolute Gasteiger partial charge is 0.247 e. The molecule has 1 aliphatic heterocycles. The summed E-state index contributed by atoms with van der Waals surface area (Å²) in [7, 11) is -3.66. The molecule has 9 nitrogen and oxygen atoms in total. The SMILES string of the molecule is CC(=O)Nc1ccc(N2C(=O)CN(S(C)(=O)=O)C[C@@]2(C)C(=O)NC2CCCCC2)cc1. The molecule has 0 aromatic heterocycles. The summed E-state index contributed by atoms with van der Waals surface area (Å²) in [6.07, 6.45) is 5.98. The Morgan fingerprint density at radius 2 is 1.71 bits per heavy atom. The van der Waals surface area contributed by atoms with Gasteiger partial charge in [0.25, 0.3) is 0 Å². The van der Waals surface area contributed by atoms with Crippen LogP contribution >= 0.6 is 0 Å². The van der Waals surface area contributed by atoms with Crippen LogP contribution in [0.3, 0.4) is 0 Å². The van der Waals surface area contributed by atoms with E-state index in [1.54, 1.807) is 31.2 Å². The Morgan fingerprint density at radius 3 is 2.26 bits per heavy atom. The minimum absolute atomic E-state index is 0.0192. The third kappa shape index (κ3) is 5.24. The molecule has 1 aromatic carbocycles. The Kier molecular flexibility index (Phi) is 6.70. The van der Waals surface area contributed by atoms with Crippen molar-refractivity contribution in [1.82, 2.24) is 9.62 Å². The molecule has 1 saturated carbocycles. The largest absolute Gasteiger partial charge is 0.351 e. The van der Waals surface area contributed by atoms with Crippen LogP contribution in [0.15, 0.2) is 24.3 Å². The molecule has 10 heteroatoms. The van der Waals surface area contributed by atoms with Gasteiger partial charge in [-0.3, -0.25) is 19.3 Å². The van der Waals surface area contributed by atoms with Crippen molar-refractivity contribution in [1.29, 1.82) is 0 Å². The van der Waals surface area contributed by atoms with Gasteiger partial charge in [-0.1, -0.05) is 19.3 Å². The van der Waals surface area contributed by atoms with Crippen molar-refractivity contribution in [2.75, 3.05) is 29.6 Å². The maximum Gasteiger partial charge on any atom is 0.247 e. The van der Waals surface area contributed by atoms with Crippen LogP contribution in [0.2, 0.25) is 0 Å². The van der Waals surface area contributed by atoms with Crippen LogP contribution in [0.5, 0.6) is 0 Å². The third-order valence-corrected chi connectivity index (χ3v) is 7.08. The van der Waals surface area contributed by atoms with Crippen LogP contribution in [0, 0.1) is 0 Å². The molecule has 0 radical (unpaired) electrons. The lowest BCUT2D eigenvalue weighted by Crippen LogP contribution is -2.70. The molecule has 0 spiro atoms. The monoisotopic (exact) mass is 450 g/mol. The van der Waals surface area contributed by atoms with Gasteiger partial charge < -0.3 is 10.6 Å². The van der Waals surface area contributed by atoms with Crippen LogP contribution in [-0.2, 0) is 24.4 Å². The molecule has 0 bridgehead atoms. The van der Waals surface area contributed by atoms with Crippen molar-refractivity contribution in [3.63, 3.8) is 0 Å². The van der Waals surface area contributed by atoms with E-state index in [1.807, 2.05) is 0 Å². The highest BCUT2D eigenvalue weighted by molar-refractivity contribution is 7.88. The van der Waals surface area contributed by atoms with E-state index in [-0.39, 0.29) is 30.9 Å². The number of hydrogen-bond donors (Lipinski definition) is 2. The third-order valence-electron chi connectivity index (χ3n) is 5.88. The summed E-state index contributed by atoms with van der Waals surface area (Å²) in [5, 5.41) is 5.71. The number of carbonyl (C=O) groups is 3. The van der Waals surface area contributed by atoms with Crippen LogP contribution in [0.4, 0.5) is 11.4 Å². The molecular formula is C21H30N4O5S. The summed E-state index contributed by atoms with van der Waals surface area (Å²) in [6, 6.07) is 6.60. The van der Waals surface area contributed by atoms with Crippen molar-refractivity contribution in [2.45, 2.75) is 57.5 Å². The van der Waals surface area contributed by atoms with E-state index in [9.17, 15) is 22.8 Å². The number of rotatable bonds is 5. The van der Waals surface area contributed by atoms with Gasteiger partial charge in [0.1, 0.15) is 5.54 Å². The fourth-order valence-electron chi connectivity index (χ4n) is 4.29. The highest BCUT2D eigenvalue weighted by atomic mass is 32.2. The number of amides is 3. The second-order valence-electron chi connectivity index (χ2n) is 8.57. The van der Waals surface area contributed by atoms with Crippen LogP contribution < -0.4 is 15.5 Å². The standard InChI is InChI=1S/C21H30N4O5S/c1-15(26)22-17-9-11-18(12-10-17)25-19(27)13-24(31(3,29)30)14-21(25,2)20(28)23-16-7-5-4-6-8-16/h9-12,16H,4-8,13-14H2,1-3H3,(H,22,26)(H,23,28)/t21-/m0/s1. The van der Waals surface area contributed by atoms with Gasteiger partial charge in [-0.05, 0) is 44.0 Å². The quantitative estimate of drug-likeness (QED) is 0.705. The summed E-state index contributed by atoms with van der Waals surface area (Å²) >= 11 is 0. The van der Waals surface area contributed by atoms with E-state index in [0.29, 0.717) is 11.4 Å². The van der Waals surface area contributed by atoms with Gasteiger partial charge in [-0.2, -0.15) is 4.31 Å². The number of nitrogens with zero attached hydrogens (tertiary/aromatic N) is 2. The van der Waals surface area contributed by atoms with Gasteiger partial charge in [0.05, 0.1) is 12.8 Å². The van der Waals surface area contributed by atoms with Gasteiger partial charge >= 0.3 is 0 Å². The number of nitrogens with one attached hydrogen (secondary N) is 2. The highest BCUT2D eigenvalue weighted by Crippen LogP contribution is 2.32. The van der Waals surface area contributed by atoms with E-state index in [1.165, 1.54) is 11.8 Å². The number of hydrogen-bond acceptors (Lipinski definition) is 5. The van der Waals surface area contributed by atoms with Crippen LogP contribution in [0.1, 0.15) is 46.0 Å². The highest BCUT2D eigenvalue weighted by Gasteiger charge is 2.50. The zero-order valence-corrected chi connectivity index (χ0v) is 19.0. The first-order valence-corrected chi connectivity index (χ1v) is 12.3. The molecule has 2 fully saturated rings. The van der Waals surface area contributed by atoms with E-state index in [2.05, 4.69) is 10.6 Å². The zero-order valence-electron chi connectivity index (χ0n) is 18.2. The predicted molar refractivity (Wildman–Crippen MR) is 118 cm³/mol. The molecule has 1 aliphatic carbocycles. The Hall–Kier alpha value is -2.46. The summed E-state index contributed by atoms with van der Waals surface area (Å²) in [5.74, 6) is -1.07. The van der Waals surface area contributed by atoms with Crippen molar-refractivity contribution < 1.29 is 22.8 Å². The van der Waals surface area contributed by atoms with E-state index >= 15 is 0 Å². The summed E-state index contributed by atoms with van der Waals surface area (Å²) in [4.78, 5) is 39.2. The lowest BCUT2D eigenvalue weighted by Gasteiger charge is -2.47. The number of anilines is 2. The lowest BCUT2D eigenvalue weighted by molar-refractivity contribution is -0.133. The maximum atomic E-state index is 13.4. The van der Waals surface area contributed by atoms with Crippen molar-refractivity contribution >= 4 is 39.1 Å². The van der Waals surface area contributed by atoms with Crippen molar-refractivity contribution in [3.8, 4) is 0 Å². The number of carbonyl (C=O) groups excluding carboxylic acids is 3. The van der Waals surface area contributed by atoms with Gasteiger partial charge in [-0.25, -0.2) is 8.42 Å². The van der Waals surface area contributed by atoms with Gasteiger partial charge in [0.15, 0.2) is 0 Å². The van der Waals surface area contributed by atoms with Gasteiger partial charge in [-0.15, -0.1) is 0 Å². The summed E-state index contributed by atoms with van der Waals surface area (Å²) in [6.45, 7) is 2.53. The van der Waals surface area contributed by atoms with Gasteiger partial charge in [0.2, 0.25) is 27.7 Å². The molecule has 1 heterocycles. The molecular weight excluding hydrogens is 420 g/mol. The first kappa shape index (κ1) is 23.2.